The van der Waals surface area contributed by atoms with E-state index in [1.165, 1.54) is 14.2 Å². The number of ketones is 2. The van der Waals surface area contributed by atoms with Crippen molar-refractivity contribution in [3.63, 3.8) is 0 Å². The lowest BCUT2D eigenvalue weighted by atomic mass is 9.95. The minimum atomic E-state index is -3.88. The molecule has 0 radical (unpaired) electrons. The van der Waals surface area contributed by atoms with Crippen LogP contribution >= 0.6 is 0 Å². The standard InChI is InChI=1S/C21H23NO6S.C16H14O3.C5H11NO4S.CH4/c1-15(21(25)22-29(26,27)13-7-12-19(23)28-2)17-10-6-11-18(14-17)20(24)16-8-4-3-5-9-16;1-11(16(18)19)13-8-5-9-14(10-13)15(17)12-6-3-2-4-7-12;1-10-5(7)3-2-4-11(6,8)9;/h3-6,8-11,14-15H,7,12-13H2,1-2H3,(H,22,25);2-11H,1H3,(H,18,19);2-4H2,1H3,(H2,6,8,9);1H4. The minimum absolute atomic E-state index is 0. The summed E-state index contributed by atoms with van der Waals surface area (Å²) in [5.74, 6) is -4.77. The summed E-state index contributed by atoms with van der Waals surface area (Å²) in [7, 11) is -4.85. The monoisotopic (exact) mass is 868 g/mol. The topological polar surface area (TPSA) is 247 Å². The van der Waals surface area contributed by atoms with Crippen LogP contribution in [0.2, 0.25) is 0 Å². The van der Waals surface area contributed by atoms with Crippen molar-refractivity contribution in [2.45, 2.75) is 58.8 Å². The summed E-state index contributed by atoms with van der Waals surface area (Å²) in [6.45, 7) is 3.17. The molecule has 4 N–H and O–H groups in total. The van der Waals surface area contributed by atoms with E-state index in [0.717, 1.165) is 0 Å². The van der Waals surface area contributed by atoms with Gasteiger partial charge in [0.05, 0.1) is 37.6 Å². The number of benzene rings is 4. The second-order valence-corrected chi connectivity index (χ2v) is 16.5. The first-order valence-corrected chi connectivity index (χ1v) is 21.5. The van der Waals surface area contributed by atoms with Crippen LogP contribution in [-0.4, -0.2) is 83.0 Å². The van der Waals surface area contributed by atoms with E-state index in [2.05, 4.69) is 14.6 Å². The number of hydrogen-bond donors (Lipinski definition) is 3. The van der Waals surface area contributed by atoms with Crippen LogP contribution in [0.4, 0.5) is 0 Å². The number of nitrogens with one attached hydrogen (secondary N) is 1. The van der Waals surface area contributed by atoms with Crippen LogP contribution in [0.25, 0.3) is 0 Å². The quantitative estimate of drug-likeness (QED) is 0.0891. The van der Waals surface area contributed by atoms with Gasteiger partial charge in [-0.25, -0.2) is 22.0 Å². The van der Waals surface area contributed by atoms with Gasteiger partial charge in [0.2, 0.25) is 26.0 Å². The summed E-state index contributed by atoms with van der Waals surface area (Å²) in [6, 6.07) is 31.0. The number of methoxy groups -OCH3 is 2. The summed E-state index contributed by atoms with van der Waals surface area (Å²) >= 11 is 0. The zero-order chi connectivity index (χ0) is 44.2. The number of carboxylic acids is 1. The summed E-state index contributed by atoms with van der Waals surface area (Å²) in [5, 5.41) is 13.7. The van der Waals surface area contributed by atoms with Crippen molar-refractivity contribution < 1.29 is 60.2 Å². The zero-order valence-electron chi connectivity index (χ0n) is 33.0. The maximum Gasteiger partial charge on any atom is 0.310 e. The highest BCUT2D eigenvalue weighted by atomic mass is 32.2. The first-order valence-electron chi connectivity index (χ1n) is 18.1. The lowest BCUT2D eigenvalue weighted by molar-refractivity contribution is -0.141. The number of carboxylic acid groups (broad SMARTS) is 1. The Hall–Kier alpha value is -6.04. The normalized spacial score (nSPS) is 11.6. The molecule has 0 aromatic heterocycles. The number of rotatable bonds is 17. The van der Waals surface area contributed by atoms with Gasteiger partial charge in [-0.2, -0.15) is 0 Å². The maximum atomic E-state index is 12.6. The van der Waals surface area contributed by atoms with E-state index >= 15 is 0 Å². The van der Waals surface area contributed by atoms with Gasteiger partial charge in [-0.15, -0.1) is 0 Å². The second kappa shape index (κ2) is 25.4. The molecule has 324 valence electrons. The van der Waals surface area contributed by atoms with Crippen molar-refractivity contribution in [2.24, 2.45) is 5.14 Å². The molecule has 4 aromatic carbocycles. The van der Waals surface area contributed by atoms with Gasteiger partial charge in [0, 0.05) is 35.1 Å². The molecule has 0 aliphatic carbocycles. The van der Waals surface area contributed by atoms with Crippen molar-refractivity contribution in [2.75, 3.05) is 25.7 Å². The number of ether oxygens (including phenoxy) is 2. The van der Waals surface area contributed by atoms with E-state index in [0.29, 0.717) is 33.4 Å². The summed E-state index contributed by atoms with van der Waals surface area (Å²) in [4.78, 5) is 69.7. The van der Waals surface area contributed by atoms with E-state index in [1.807, 2.05) is 16.9 Å². The third-order valence-corrected chi connectivity index (χ3v) is 10.6. The van der Waals surface area contributed by atoms with E-state index in [4.69, 9.17) is 5.11 Å². The van der Waals surface area contributed by atoms with E-state index < -0.39 is 55.7 Å². The molecule has 0 heterocycles. The predicted molar refractivity (Wildman–Crippen MR) is 226 cm³/mol. The van der Waals surface area contributed by atoms with E-state index in [1.54, 1.807) is 111 Å². The lowest BCUT2D eigenvalue weighted by Gasteiger charge is -2.14. The van der Waals surface area contributed by atoms with Crippen molar-refractivity contribution >= 4 is 55.4 Å². The molecule has 17 heteroatoms. The van der Waals surface area contributed by atoms with Gasteiger partial charge in [0.25, 0.3) is 0 Å². The van der Waals surface area contributed by atoms with Gasteiger partial charge >= 0.3 is 17.9 Å². The summed E-state index contributed by atoms with van der Waals surface area (Å²) < 4.78 is 55.6. The fourth-order valence-electron chi connectivity index (χ4n) is 5.03. The number of amides is 1. The molecule has 0 aliphatic rings. The molecule has 0 fully saturated rings. The highest BCUT2D eigenvalue weighted by molar-refractivity contribution is 7.90. The zero-order valence-corrected chi connectivity index (χ0v) is 34.7. The molecule has 0 saturated carbocycles. The number of carbonyl (C=O) groups excluding carboxylic acids is 5. The molecule has 2 atom stereocenters. The summed E-state index contributed by atoms with van der Waals surface area (Å²) in [5.41, 5.74) is 3.20. The number of carbonyl (C=O) groups is 6. The van der Waals surface area contributed by atoms with E-state index in [9.17, 15) is 45.6 Å². The van der Waals surface area contributed by atoms with E-state index in [-0.39, 0.29) is 56.2 Å². The first kappa shape index (κ1) is 52.0. The van der Waals surface area contributed by atoms with Gasteiger partial charge in [-0.05, 0) is 49.9 Å². The molecule has 4 rings (SSSR count). The minimum Gasteiger partial charge on any atom is -0.481 e. The Morgan fingerprint density at radius 1 is 0.600 bits per heavy atom. The van der Waals surface area contributed by atoms with Gasteiger partial charge in [0.15, 0.2) is 11.6 Å². The average molecular weight is 869 g/mol. The number of aliphatic carboxylic acids is 1. The summed E-state index contributed by atoms with van der Waals surface area (Å²) in [6.07, 6.45) is 0.300. The van der Waals surface area contributed by atoms with Crippen LogP contribution < -0.4 is 9.86 Å². The smallest absolute Gasteiger partial charge is 0.310 e. The second-order valence-electron chi connectivity index (χ2n) is 12.9. The van der Waals surface area contributed by atoms with Crippen molar-refractivity contribution in [3.8, 4) is 0 Å². The Balaban J connectivity index is 0.000000498. The molecule has 0 saturated heterocycles. The molecule has 2 unspecified atom stereocenters. The highest BCUT2D eigenvalue weighted by Gasteiger charge is 2.23. The van der Waals surface area contributed by atoms with Gasteiger partial charge < -0.3 is 14.6 Å². The Morgan fingerprint density at radius 3 is 1.37 bits per heavy atom. The number of nitrogens with two attached hydrogens (primary N) is 1. The fraction of sp³-hybridized carbons (Fsp3) is 0.302. The Kier molecular flexibility index (Phi) is 22.0. The molecular weight excluding hydrogens is 817 g/mol. The maximum absolute atomic E-state index is 12.6. The molecule has 0 bridgehead atoms. The van der Waals surface area contributed by atoms with Crippen molar-refractivity contribution in [1.29, 1.82) is 0 Å². The fourth-order valence-corrected chi connectivity index (χ4v) is 6.68. The third-order valence-electron chi connectivity index (χ3n) is 8.45. The number of hydrogen-bond acceptors (Lipinski definition) is 12. The number of primary sulfonamides is 1. The lowest BCUT2D eigenvalue weighted by Crippen LogP contribution is -2.35. The van der Waals surface area contributed by atoms with Gasteiger partial charge in [-0.1, -0.05) is 104 Å². The van der Waals surface area contributed by atoms with Crippen LogP contribution in [0.1, 0.15) is 102 Å². The van der Waals surface area contributed by atoms with Crippen LogP contribution in [0, 0.1) is 0 Å². The van der Waals surface area contributed by atoms with Gasteiger partial charge in [0.1, 0.15) is 0 Å². The molecular formula is C43H52N2O13S2. The molecule has 1 amide bonds. The van der Waals surface area contributed by atoms with Crippen LogP contribution in [0.5, 0.6) is 0 Å². The van der Waals surface area contributed by atoms with Crippen LogP contribution in [0.3, 0.4) is 0 Å². The highest BCUT2D eigenvalue weighted by Crippen LogP contribution is 2.21. The van der Waals surface area contributed by atoms with Gasteiger partial charge in [-0.3, -0.25) is 33.5 Å². The first-order chi connectivity index (χ1) is 27.8. The third kappa shape index (κ3) is 18.7. The SMILES string of the molecule is C.CC(C(=O)O)c1cccc(C(=O)c2ccccc2)c1.COC(=O)CCCS(=O)(=O)NC(=O)C(C)c1cccc(C(=O)c2ccccc2)c1.COC(=O)CCCS(N)(=O)=O. The molecule has 15 nitrogen and oxygen atoms in total. The molecule has 0 aliphatic heterocycles. The molecule has 0 spiro atoms. The largest absolute Gasteiger partial charge is 0.481 e. The van der Waals surface area contributed by atoms with Crippen LogP contribution in [0.15, 0.2) is 109 Å². The average Bonchev–Trinajstić information content (AvgIpc) is 3.22. The Labute approximate surface area is 351 Å². The Morgan fingerprint density at radius 2 is 0.983 bits per heavy atom. The molecule has 60 heavy (non-hydrogen) atoms. The van der Waals surface area contributed by atoms with Crippen LogP contribution in [-0.2, 0) is 48.7 Å². The number of sulfonamides is 2. The van der Waals surface area contributed by atoms with Crippen molar-refractivity contribution in [3.05, 3.63) is 143 Å². The predicted octanol–water partition coefficient (Wildman–Crippen LogP) is 5.39. The van der Waals surface area contributed by atoms with Crippen molar-refractivity contribution in [1.82, 2.24) is 4.72 Å². The molecule has 4 aromatic rings. The Bertz CT molecular complexity index is 2280. The number of esters is 2.